The van der Waals surface area contributed by atoms with Gasteiger partial charge in [-0.15, -0.1) is 0 Å². The van der Waals surface area contributed by atoms with E-state index in [2.05, 4.69) is 70.5 Å². The van der Waals surface area contributed by atoms with E-state index < -0.39 is 0 Å². The molecule has 1 atom stereocenters. The minimum Gasteiger partial charge on any atom is -0.306 e. The first-order chi connectivity index (χ1) is 8.64. The SMILES string of the molecule is CCn1nc(C)c(C(C)NC2C(C)(C)C2(C)C)c1C. The van der Waals surface area contributed by atoms with Gasteiger partial charge < -0.3 is 5.32 Å². The van der Waals surface area contributed by atoms with Gasteiger partial charge >= 0.3 is 0 Å². The van der Waals surface area contributed by atoms with Crippen molar-refractivity contribution in [3.63, 3.8) is 0 Å². The first-order valence-corrected chi connectivity index (χ1v) is 7.44. The Labute approximate surface area is 117 Å². The molecule has 2 rings (SSSR count). The average Bonchev–Trinajstić information content (AvgIpc) is 2.57. The van der Waals surface area contributed by atoms with Crippen LogP contribution in [0.2, 0.25) is 0 Å². The van der Waals surface area contributed by atoms with Crippen molar-refractivity contribution >= 4 is 0 Å². The highest BCUT2D eigenvalue weighted by molar-refractivity contribution is 5.29. The van der Waals surface area contributed by atoms with Gasteiger partial charge in [-0.05, 0) is 38.5 Å². The zero-order valence-corrected chi connectivity index (χ0v) is 13.8. The zero-order valence-electron chi connectivity index (χ0n) is 13.8. The predicted octanol–water partition coefficient (Wildman–Crippen LogP) is 3.61. The van der Waals surface area contributed by atoms with Gasteiger partial charge in [-0.2, -0.15) is 5.10 Å². The smallest absolute Gasteiger partial charge is 0.0644 e. The topological polar surface area (TPSA) is 29.9 Å². The van der Waals surface area contributed by atoms with E-state index in [1.54, 1.807) is 0 Å². The largest absolute Gasteiger partial charge is 0.306 e. The van der Waals surface area contributed by atoms with Crippen molar-refractivity contribution in [2.75, 3.05) is 0 Å². The van der Waals surface area contributed by atoms with Gasteiger partial charge in [0, 0.05) is 29.9 Å². The van der Waals surface area contributed by atoms with Crippen LogP contribution in [0.1, 0.15) is 64.5 Å². The Morgan fingerprint density at radius 2 is 1.74 bits per heavy atom. The van der Waals surface area contributed by atoms with Crippen LogP contribution in [0, 0.1) is 24.7 Å². The van der Waals surface area contributed by atoms with Gasteiger partial charge in [-0.25, -0.2) is 0 Å². The molecule has 1 unspecified atom stereocenters. The van der Waals surface area contributed by atoms with Gasteiger partial charge in [0.15, 0.2) is 0 Å². The molecule has 3 heteroatoms. The van der Waals surface area contributed by atoms with Crippen molar-refractivity contribution < 1.29 is 0 Å². The zero-order chi connectivity index (χ0) is 14.6. The first kappa shape index (κ1) is 14.6. The van der Waals surface area contributed by atoms with Gasteiger partial charge in [-0.1, -0.05) is 27.7 Å². The fourth-order valence-electron chi connectivity index (χ4n) is 3.59. The Morgan fingerprint density at radius 1 is 1.21 bits per heavy atom. The van der Waals surface area contributed by atoms with Crippen molar-refractivity contribution in [3.8, 4) is 0 Å². The lowest BCUT2D eigenvalue weighted by atomic mass is 10.0. The summed E-state index contributed by atoms with van der Waals surface area (Å²) in [5.74, 6) is 0. The second-order valence-electron chi connectivity index (χ2n) is 7.17. The van der Waals surface area contributed by atoms with Crippen LogP contribution in [0.3, 0.4) is 0 Å². The van der Waals surface area contributed by atoms with Crippen LogP contribution in [0.4, 0.5) is 0 Å². The molecular weight excluding hydrogens is 234 g/mol. The van der Waals surface area contributed by atoms with E-state index in [9.17, 15) is 0 Å². The molecule has 0 spiro atoms. The molecule has 0 bridgehead atoms. The minimum atomic E-state index is 0.367. The summed E-state index contributed by atoms with van der Waals surface area (Å²) in [6, 6.07) is 0.949. The molecule has 108 valence electrons. The predicted molar refractivity (Wildman–Crippen MR) is 80.3 cm³/mol. The van der Waals surface area contributed by atoms with E-state index in [-0.39, 0.29) is 0 Å². The van der Waals surface area contributed by atoms with Crippen LogP contribution in [0.15, 0.2) is 0 Å². The van der Waals surface area contributed by atoms with Gasteiger partial charge in [-0.3, -0.25) is 4.68 Å². The second-order valence-corrected chi connectivity index (χ2v) is 7.17. The lowest BCUT2D eigenvalue weighted by Crippen LogP contribution is -2.26. The number of aryl methyl sites for hydroxylation is 2. The molecule has 3 nitrogen and oxygen atoms in total. The molecule has 19 heavy (non-hydrogen) atoms. The average molecular weight is 263 g/mol. The highest BCUT2D eigenvalue weighted by atomic mass is 15.3. The van der Waals surface area contributed by atoms with Gasteiger partial charge in [0.2, 0.25) is 0 Å². The van der Waals surface area contributed by atoms with Crippen molar-refractivity contribution in [1.82, 2.24) is 15.1 Å². The summed E-state index contributed by atoms with van der Waals surface area (Å²) in [7, 11) is 0. The van der Waals surface area contributed by atoms with E-state index in [0.29, 0.717) is 22.9 Å². The minimum absolute atomic E-state index is 0.367. The quantitative estimate of drug-likeness (QED) is 0.899. The van der Waals surface area contributed by atoms with Crippen LogP contribution in [-0.2, 0) is 6.54 Å². The summed E-state index contributed by atoms with van der Waals surface area (Å²) in [6.07, 6.45) is 0. The molecule has 0 saturated heterocycles. The lowest BCUT2D eigenvalue weighted by molar-refractivity contribution is 0.457. The molecule has 1 aliphatic rings. The number of hydrogen-bond donors (Lipinski definition) is 1. The summed E-state index contributed by atoms with van der Waals surface area (Å²) in [4.78, 5) is 0. The van der Waals surface area contributed by atoms with Crippen molar-refractivity contribution in [3.05, 3.63) is 17.0 Å². The monoisotopic (exact) mass is 263 g/mol. The maximum absolute atomic E-state index is 4.63. The molecule has 1 aromatic rings. The van der Waals surface area contributed by atoms with Gasteiger partial charge in [0.25, 0.3) is 0 Å². The number of aromatic nitrogens is 2. The van der Waals surface area contributed by atoms with Gasteiger partial charge in [0.1, 0.15) is 0 Å². The lowest BCUT2D eigenvalue weighted by Gasteiger charge is -2.16. The molecule has 1 aromatic heterocycles. The third-order valence-electron chi connectivity index (χ3n) is 5.61. The summed E-state index contributed by atoms with van der Waals surface area (Å²) >= 11 is 0. The van der Waals surface area contributed by atoms with E-state index in [1.165, 1.54) is 11.3 Å². The van der Waals surface area contributed by atoms with Crippen molar-refractivity contribution in [2.24, 2.45) is 10.8 Å². The van der Waals surface area contributed by atoms with Gasteiger partial charge in [0.05, 0.1) is 5.69 Å². The van der Waals surface area contributed by atoms with Crippen LogP contribution >= 0.6 is 0 Å². The van der Waals surface area contributed by atoms with Crippen LogP contribution in [-0.4, -0.2) is 15.8 Å². The Bertz CT molecular complexity index is 468. The Hall–Kier alpha value is -0.830. The van der Waals surface area contributed by atoms with E-state index >= 15 is 0 Å². The molecule has 0 aromatic carbocycles. The molecular formula is C16H29N3. The standard InChI is InChI=1S/C16H29N3/c1-9-19-12(4)13(11(3)18-19)10(2)17-14-15(5,6)16(14,7)8/h10,14,17H,9H2,1-8H3. The molecule has 1 aliphatic carbocycles. The molecule has 1 N–H and O–H groups in total. The number of nitrogens with one attached hydrogen (secondary N) is 1. The molecule has 1 heterocycles. The third-order valence-corrected chi connectivity index (χ3v) is 5.61. The van der Waals surface area contributed by atoms with Crippen LogP contribution in [0.25, 0.3) is 0 Å². The van der Waals surface area contributed by atoms with E-state index in [4.69, 9.17) is 0 Å². The number of hydrogen-bond acceptors (Lipinski definition) is 2. The fourth-order valence-corrected chi connectivity index (χ4v) is 3.59. The summed E-state index contributed by atoms with van der Waals surface area (Å²) in [5, 5.41) is 8.44. The van der Waals surface area contributed by atoms with Crippen LogP contribution in [0.5, 0.6) is 0 Å². The first-order valence-electron chi connectivity index (χ1n) is 7.44. The van der Waals surface area contributed by atoms with Crippen molar-refractivity contribution in [1.29, 1.82) is 0 Å². The molecule has 0 radical (unpaired) electrons. The number of nitrogens with zero attached hydrogens (tertiary/aromatic N) is 2. The molecule has 1 fully saturated rings. The molecule has 0 amide bonds. The Morgan fingerprint density at radius 3 is 2.11 bits per heavy atom. The second kappa shape index (κ2) is 4.34. The normalized spacial score (nSPS) is 22.5. The van der Waals surface area contributed by atoms with E-state index in [1.807, 2.05) is 0 Å². The highest BCUT2D eigenvalue weighted by Crippen LogP contribution is 2.63. The Balaban J connectivity index is 2.18. The highest BCUT2D eigenvalue weighted by Gasteiger charge is 2.64. The molecule has 1 saturated carbocycles. The van der Waals surface area contributed by atoms with E-state index in [0.717, 1.165) is 12.2 Å². The number of rotatable bonds is 4. The summed E-state index contributed by atoms with van der Waals surface area (Å²) in [6.45, 7) is 19.1. The van der Waals surface area contributed by atoms with Crippen molar-refractivity contribution in [2.45, 2.75) is 74.0 Å². The van der Waals surface area contributed by atoms with Crippen LogP contribution < -0.4 is 5.32 Å². The Kier molecular flexibility index (Phi) is 3.33. The maximum atomic E-state index is 4.63. The maximum Gasteiger partial charge on any atom is 0.0644 e. The summed E-state index contributed by atoms with van der Waals surface area (Å²) < 4.78 is 2.10. The molecule has 0 aliphatic heterocycles. The third kappa shape index (κ3) is 2.03. The fraction of sp³-hybridized carbons (Fsp3) is 0.812. The summed E-state index contributed by atoms with van der Waals surface area (Å²) in [5.41, 5.74) is 4.60.